The van der Waals surface area contributed by atoms with Crippen molar-refractivity contribution in [3.8, 4) is 5.75 Å². The van der Waals surface area contributed by atoms with E-state index in [4.69, 9.17) is 27.9 Å². The smallest absolute Gasteiger partial charge is 0.325 e. The maximum Gasteiger partial charge on any atom is 0.325 e. The average Bonchev–Trinajstić information content (AvgIpc) is 2.80. The summed E-state index contributed by atoms with van der Waals surface area (Å²) in [6.07, 6.45) is -0.0517. The first-order valence-electron chi connectivity index (χ1n) is 7.73. The van der Waals surface area contributed by atoms with Gasteiger partial charge in [-0.2, -0.15) is 0 Å². The lowest BCUT2D eigenvalue weighted by atomic mass is 9.93. The van der Waals surface area contributed by atoms with Crippen LogP contribution in [0, 0.1) is 0 Å². The molecule has 1 aromatic rings. The second kappa shape index (κ2) is 7.59. The number of aliphatic hydroxyl groups is 1. The predicted octanol–water partition coefficient (Wildman–Crippen LogP) is 2.84. The molecular weight excluding hydrogens is 355 g/mol. The number of halogens is 2. The molecule has 1 fully saturated rings. The summed E-state index contributed by atoms with van der Waals surface area (Å²) in [5, 5.41) is 13.6. The molecule has 1 heterocycles. The van der Waals surface area contributed by atoms with Gasteiger partial charge in [0.1, 0.15) is 24.0 Å². The minimum atomic E-state index is -1.04. The zero-order valence-corrected chi connectivity index (χ0v) is 15.0. The van der Waals surface area contributed by atoms with Crippen LogP contribution >= 0.6 is 23.2 Å². The summed E-state index contributed by atoms with van der Waals surface area (Å²) < 4.78 is 5.43. The Morgan fingerprint density at radius 1 is 1.29 bits per heavy atom. The molecule has 1 aliphatic rings. The van der Waals surface area contributed by atoms with Crippen LogP contribution in [0.15, 0.2) is 18.2 Å². The number of nitrogens with zero attached hydrogens (tertiary/aromatic N) is 1. The Bertz CT molecular complexity index is 635. The molecule has 6 nitrogen and oxygen atoms in total. The number of nitrogens with one attached hydrogen (secondary N) is 1. The van der Waals surface area contributed by atoms with Gasteiger partial charge in [-0.3, -0.25) is 9.69 Å². The van der Waals surface area contributed by atoms with Crippen LogP contribution in [0.25, 0.3) is 0 Å². The number of benzene rings is 1. The van der Waals surface area contributed by atoms with Gasteiger partial charge in [-0.1, -0.05) is 37.0 Å². The van der Waals surface area contributed by atoms with Gasteiger partial charge in [0.15, 0.2) is 0 Å². The van der Waals surface area contributed by atoms with Gasteiger partial charge in [-0.05, 0) is 25.0 Å². The van der Waals surface area contributed by atoms with Crippen molar-refractivity contribution < 1.29 is 19.4 Å². The molecule has 2 N–H and O–H groups in total. The number of rotatable bonds is 7. The zero-order valence-electron chi connectivity index (χ0n) is 13.5. The molecule has 24 heavy (non-hydrogen) atoms. The van der Waals surface area contributed by atoms with Gasteiger partial charge in [0, 0.05) is 11.1 Å². The third kappa shape index (κ3) is 3.77. The maximum atomic E-state index is 12.5. The van der Waals surface area contributed by atoms with Gasteiger partial charge < -0.3 is 15.2 Å². The van der Waals surface area contributed by atoms with E-state index >= 15 is 0 Å². The van der Waals surface area contributed by atoms with Crippen molar-refractivity contribution in [3.05, 3.63) is 28.2 Å². The van der Waals surface area contributed by atoms with Crippen molar-refractivity contribution in [3.63, 3.8) is 0 Å². The normalized spacial score (nSPS) is 17.8. The van der Waals surface area contributed by atoms with E-state index in [9.17, 15) is 14.7 Å². The van der Waals surface area contributed by atoms with Crippen molar-refractivity contribution >= 4 is 35.1 Å². The number of hydrogen-bond acceptors (Lipinski definition) is 4. The monoisotopic (exact) mass is 374 g/mol. The molecule has 0 saturated carbocycles. The molecule has 1 aromatic carbocycles. The lowest BCUT2D eigenvalue weighted by Gasteiger charge is -2.24. The SMILES string of the molecule is CCC1(CC)NC(=O)N(CC(O)COc2cc(Cl)ccc2Cl)C1=O. The second-order valence-electron chi connectivity index (χ2n) is 5.67. The minimum absolute atomic E-state index is 0.123. The Morgan fingerprint density at radius 2 is 1.96 bits per heavy atom. The molecule has 0 aromatic heterocycles. The van der Waals surface area contributed by atoms with Gasteiger partial charge in [-0.25, -0.2) is 4.79 Å². The molecule has 3 amide bonds. The number of aliphatic hydroxyl groups excluding tert-OH is 1. The molecule has 2 rings (SSSR count). The van der Waals surface area contributed by atoms with Gasteiger partial charge >= 0.3 is 6.03 Å². The minimum Gasteiger partial charge on any atom is -0.489 e. The average molecular weight is 375 g/mol. The predicted molar refractivity (Wildman–Crippen MR) is 91.5 cm³/mol. The standard InChI is InChI=1S/C16H20Cl2N2O4/c1-3-16(4-2)14(22)20(15(23)19-16)8-11(21)9-24-13-7-10(17)5-6-12(13)18/h5-7,11,21H,3-4,8-9H2,1-2H3,(H,19,23). The Hall–Kier alpha value is -1.50. The van der Waals surface area contributed by atoms with Crippen LogP contribution in [-0.2, 0) is 4.79 Å². The van der Waals surface area contributed by atoms with Crippen molar-refractivity contribution in [1.29, 1.82) is 0 Å². The van der Waals surface area contributed by atoms with Crippen LogP contribution in [0.3, 0.4) is 0 Å². The topological polar surface area (TPSA) is 78.9 Å². The van der Waals surface area contributed by atoms with Crippen LogP contribution in [0.4, 0.5) is 4.79 Å². The van der Waals surface area contributed by atoms with Crippen molar-refractivity contribution in [2.75, 3.05) is 13.2 Å². The highest BCUT2D eigenvalue weighted by Gasteiger charge is 2.48. The van der Waals surface area contributed by atoms with E-state index < -0.39 is 17.7 Å². The van der Waals surface area contributed by atoms with Crippen molar-refractivity contribution in [2.24, 2.45) is 0 Å². The molecular formula is C16H20Cl2N2O4. The van der Waals surface area contributed by atoms with Gasteiger partial charge in [0.05, 0.1) is 11.6 Å². The number of carbonyl (C=O) groups excluding carboxylic acids is 2. The molecule has 0 spiro atoms. The lowest BCUT2D eigenvalue weighted by molar-refractivity contribution is -0.132. The molecule has 0 bridgehead atoms. The molecule has 1 aliphatic heterocycles. The first-order chi connectivity index (χ1) is 11.3. The number of β-amino-alcohol motifs (C(OH)–C–C–N with tert-alkyl or cyclic N) is 1. The van der Waals surface area contributed by atoms with Crippen molar-refractivity contribution in [2.45, 2.75) is 38.3 Å². The van der Waals surface area contributed by atoms with E-state index in [0.717, 1.165) is 4.90 Å². The Morgan fingerprint density at radius 3 is 2.54 bits per heavy atom. The fourth-order valence-corrected chi connectivity index (χ4v) is 2.94. The highest BCUT2D eigenvalue weighted by Crippen LogP contribution is 2.28. The first-order valence-corrected chi connectivity index (χ1v) is 8.48. The van der Waals surface area contributed by atoms with E-state index in [-0.39, 0.29) is 19.1 Å². The number of carbonyl (C=O) groups is 2. The Kier molecular flexibility index (Phi) is 5.96. The Labute approximate surface area is 150 Å². The van der Waals surface area contributed by atoms with E-state index in [2.05, 4.69) is 5.32 Å². The van der Waals surface area contributed by atoms with E-state index in [0.29, 0.717) is 28.6 Å². The number of urea groups is 1. The van der Waals surface area contributed by atoms with Crippen molar-refractivity contribution in [1.82, 2.24) is 10.2 Å². The van der Waals surface area contributed by atoms with Gasteiger partial charge in [0.2, 0.25) is 0 Å². The maximum absolute atomic E-state index is 12.5. The highest BCUT2D eigenvalue weighted by molar-refractivity contribution is 6.34. The van der Waals surface area contributed by atoms with E-state index in [1.54, 1.807) is 12.1 Å². The van der Waals surface area contributed by atoms with E-state index in [1.807, 2.05) is 13.8 Å². The molecule has 0 radical (unpaired) electrons. The van der Waals surface area contributed by atoms with Crippen LogP contribution < -0.4 is 10.1 Å². The number of amides is 3. The summed E-state index contributed by atoms with van der Waals surface area (Å²) in [4.78, 5) is 25.5. The van der Waals surface area contributed by atoms with E-state index in [1.165, 1.54) is 6.07 Å². The molecule has 1 unspecified atom stereocenters. The first kappa shape index (κ1) is 18.8. The number of hydrogen-bond donors (Lipinski definition) is 2. The molecule has 132 valence electrons. The third-order valence-electron chi connectivity index (χ3n) is 4.17. The summed E-state index contributed by atoms with van der Waals surface area (Å²) in [7, 11) is 0. The summed E-state index contributed by atoms with van der Waals surface area (Å²) >= 11 is 11.8. The quantitative estimate of drug-likeness (QED) is 0.719. The summed E-state index contributed by atoms with van der Waals surface area (Å²) in [5.74, 6) is 0.00854. The third-order valence-corrected chi connectivity index (χ3v) is 4.72. The fraction of sp³-hybridized carbons (Fsp3) is 0.500. The fourth-order valence-electron chi connectivity index (χ4n) is 2.61. The van der Waals surface area contributed by atoms with Gasteiger partial charge in [0.25, 0.3) is 5.91 Å². The summed E-state index contributed by atoms with van der Waals surface area (Å²) in [6.45, 7) is 3.41. The molecule has 1 saturated heterocycles. The second-order valence-corrected chi connectivity index (χ2v) is 6.52. The van der Waals surface area contributed by atoms with Crippen LogP contribution in [0.5, 0.6) is 5.75 Å². The van der Waals surface area contributed by atoms with Crippen LogP contribution in [0.1, 0.15) is 26.7 Å². The van der Waals surface area contributed by atoms with Crippen LogP contribution in [0.2, 0.25) is 10.0 Å². The zero-order chi connectivity index (χ0) is 17.9. The van der Waals surface area contributed by atoms with Crippen LogP contribution in [-0.4, -0.2) is 46.7 Å². The van der Waals surface area contributed by atoms with Gasteiger partial charge in [-0.15, -0.1) is 0 Å². The molecule has 0 aliphatic carbocycles. The summed E-state index contributed by atoms with van der Waals surface area (Å²) in [5.41, 5.74) is -0.881. The molecule has 1 atom stereocenters. The Balaban J connectivity index is 1.97. The lowest BCUT2D eigenvalue weighted by Crippen LogP contribution is -2.46. The number of ether oxygens (including phenoxy) is 1. The summed E-state index contributed by atoms with van der Waals surface area (Å²) in [6, 6.07) is 4.24. The number of imide groups is 1. The molecule has 8 heteroatoms. The highest BCUT2D eigenvalue weighted by atomic mass is 35.5. The largest absolute Gasteiger partial charge is 0.489 e.